The highest BCUT2D eigenvalue weighted by atomic mass is 19.4. The Morgan fingerprint density at radius 2 is 1.71 bits per heavy atom. The van der Waals surface area contributed by atoms with E-state index in [4.69, 9.17) is 5.73 Å². The average molecular weight is 303 g/mol. The van der Waals surface area contributed by atoms with Crippen LogP contribution in [0.5, 0.6) is 0 Å². The molecule has 1 rings (SSSR count). The third-order valence-corrected chi connectivity index (χ3v) is 2.57. The van der Waals surface area contributed by atoms with Gasteiger partial charge in [-0.1, -0.05) is 12.1 Å². The summed E-state index contributed by atoms with van der Waals surface area (Å²) in [4.78, 5) is 22.3. The largest absolute Gasteiger partial charge is 0.389 e. The number of hydrogen-bond acceptors (Lipinski definition) is 3. The summed E-state index contributed by atoms with van der Waals surface area (Å²) in [7, 11) is 0. The lowest BCUT2D eigenvalue weighted by Gasteiger charge is -2.08. The number of nitrogens with two attached hydrogens (primary N) is 1. The van der Waals surface area contributed by atoms with Crippen LogP contribution in [0.15, 0.2) is 24.3 Å². The summed E-state index contributed by atoms with van der Waals surface area (Å²) >= 11 is 0. The number of hydrogen-bond donors (Lipinski definition) is 3. The molecule has 1 aromatic rings. The number of nitrogens with one attached hydrogen (secondary N) is 2. The maximum atomic E-state index is 12.1. The van der Waals surface area contributed by atoms with E-state index in [0.29, 0.717) is 11.3 Å². The Bertz CT molecular complexity index is 486. The molecule has 0 radical (unpaired) electrons. The molecule has 21 heavy (non-hydrogen) atoms. The minimum Gasteiger partial charge on any atom is -0.346 e. The topological polar surface area (TPSA) is 84.2 Å². The molecule has 2 amide bonds. The first-order chi connectivity index (χ1) is 9.80. The quantitative estimate of drug-likeness (QED) is 0.738. The fourth-order valence-corrected chi connectivity index (χ4v) is 1.50. The van der Waals surface area contributed by atoms with Gasteiger partial charge in [0.25, 0.3) is 0 Å². The Labute approximate surface area is 119 Å². The third kappa shape index (κ3) is 7.31. The van der Waals surface area contributed by atoms with Gasteiger partial charge in [0.2, 0.25) is 11.8 Å². The van der Waals surface area contributed by atoms with E-state index in [2.05, 4.69) is 10.6 Å². The molecule has 4 N–H and O–H groups in total. The van der Waals surface area contributed by atoms with Crippen LogP contribution in [0.1, 0.15) is 12.0 Å². The van der Waals surface area contributed by atoms with Crippen LogP contribution in [0.4, 0.5) is 18.9 Å². The normalized spacial score (nSPS) is 11.0. The van der Waals surface area contributed by atoms with Gasteiger partial charge < -0.3 is 16.4 Å². The summed E-state index contributed by atoms with van der Waals surface area (Å²) in [5, 5.41) is 4.80. The van der Waals surface area contributed by atoms with Crippen LogP contribution in [0, 0.1) is 0 Å². The van der Waals surface area contributed by atoms with Crippen LogP contribution >= 0.6 is 0 Å². The molecule has 0 saturated heterocycles. The zero-order valence-corrected chi connectivity index (χ0v) is 11.2. The molecule has 0 spiro atoms. The lowest BCUT2D eigenvalue weighted by atomic mass is 10.1. The fraction of sp³-hybridized carbons (Fsp3) is 0.385. The van der Waals surface area contributed by atoms with Gasteiger partial charge in [-0.15, -0.1) is 0 Å². The van der Waals surface area contributed by atoms with Crippen molar-refractivity contribution in [3.05, 3.63) is 29.8 Å². The fourth-order valence-electron chi connectivity index (χ4n) is 1.50. The van der Waals surface area contributed by atoms with Crippen molar-refractivity contribution >= 4 is 17.5 Å². The first kappa shape index (κ1) is 17.0. The molecule has 8 heteroatoms. The molecule has 0 aliphatic heterocycles. The average Bonchev–Trinajstić information content (AvgIpc) is 2.43. The first-order valence-corrected chi connectivity index (χ1v) is 6.22. The van der Waals surface area contributed by atoms with Crippen molar-refractivity contribution in [1.29, 1.82) is 0 Å². The highest BCUT2D eigenvalue weighted by molar-refractivity contribution is 5.94. The van der Waals surface area contributed by atoms with Crippen LogP contribution in [-0.2, 0) is 16.0 Å². The van der Waals surface area contributed by atoms with Gasteiger partial charge >= 0.3 is 6.18 Å². The van der Waals surface area contributed by atoms with Crippen molar-refractivity contribution in [3.63, 3.8) is 0 Å². The molecular weight excluding hydrogens is 287 g/mol. The van der Waals surface area contributed by atoms with Crippen molar-refractivity contribution in [2.75, 3.05) is 18.4 Å². The predicted octanol–water partition coefficient (Wildman–Crippen LogP) is 1.19. The highest BCUT2D eigenvalue weighted by Crippen LogP contribution is 2.22. The Morgan fingerprint density at radius 1 is 1.10 bits per heavy atom. The van der Waals surface area contributed by atoms with E-state index in [0.717, 1.165) is 0 Å². The van der Waals surface area contributed by atoms with E-state index in [1.807, 2.05) is 0 Å². The molecule has 0 aliphatic rings. The second kappa shape index (κ2) is 7.63. The lowest BCUT2D eigenvalue weighted by molar-refractivity contribution is -0.134. The van der Waals surface area contributed by atoms with Crippen LogP contribution in [-0.4, -0.2) is 31.1 Å². The van der Waals surface area contributed by atoms with Gasteiger partial charge in [0.05, 0.1) is 13.1 Å². The number of benzene rings is 1. The van der Waals surface area contributed by atoms with E-state index in [1.54, 1.807) is 0 Å². The SMILES string of the molecule is NCC(=O)NCC(=O)Nc1ccc(CCC(F)(F)F)cc1. The monoisotopic (exact) mass is 303 g/mol. The molecule has 0 fully saturated rings. The van der Waals surface area contributed by atoms with Crippen molar-refractivity contribution < 1.29 is 22.8 Å². The van der Waals surface area contributed by atoms with Gasteiger partial charge in [-0.3, -0.25) is 9.59 Å². The summed E-state index contributed by atoms with van der Waals surface area (Å²) in [6, 6.07) is 6.04. The standard InChI is InChI=1S/C13H16F3N3O2/c14-13(15,16)6-5-9-1-3-10(4-2-9)19-12(21)8-18-11(20)7-17/h1-4H,5-8,17H2,(H,18,20)(H,19,21). The van der Waals surface area contributed by atoms with Crippen LogP contribution in [0.2, 0.25) is 0 Å². The smallest absolute Gasteiger partial charge is 0.346 e. The van der Waals surface area contributed by atoms with Gasteiger partial charge in [0.1, 0.15) is 0 Å². The molecular formula is C13H16F3N3O2. The third-order valence-electron chi connectivity index (χ3n) is 2.57. The maximum Gasteiger partial charge on any atom is 0.389 e. The number of aryl methyl sites for hydroxylation is 1. The van der Waals surface area contributed by atoms with Gasteiger partial charge in [0.15, 0.2) is 0 Å². The zero-order chi connectivity index (χ0) is 15.9. The number of carbonyl (C=O) groups is 2. The van der Waals surface area contributed by atoms with E-state index in [-0.39, 0.29) is 19.5 Å². The number of anilines is 1. The van der Waals surface area contributed by atoms with Gasteiger partial charge in [-0.2, -0.15) is 13.2 Å². The van der Waals surface area contributed by atoms with Crippen LogP contribution in [0.25, 0.3) is 0 Å². The number of alkyl halides is 3. The van der Waals surface area contributed by atoms with Crippen molar-refractivity contribution in [3.8, 4) is 0 Å². The van der Waals surface area contributed by atoms with E-state index >= 15 is 0 Å². The van der Waals surface area contributed by atoms with Gasteiger partial charge in [-0.25, -0.2) is 0 Å². The molecule has 116 valence electrons. The lowest BCUT2D eigenvalue weighted by Crippen LogP contribution is -2.36. The second-order valence-electron chi connectivity index (χ2n) is 4.34. The molecule has 0 heterocycles. The zero-order valence-electron chi connectivity index (χ0n) is 11.2. The Kier molecular flexibility index (Phi) is 6.16. The van der Waals surface area contributed by atoms with Crippen LogP contribution < -0.4 is 16.4 Å². The molecule has 1 aromatic carbocycles. The number of carbonyl (C=O) groups excluding carboxylic acids is 2. The number of halogens is 3. The molecule has 0 bridgehead atoms. The molecule has 0 aliphatic carbocycles. The predicted molar refractivity (Wildman–Crippen MR) is 71.5 cm³/mol. The van der Waals surface area contributed by atoms with Crippen molar-refractivity contribution in [2.24, 2.45) is 5.73 Å². The summed E-state index contributed by atoms with van der Waals surface area (Å²) in [5.41, 5.74) is 6.03. The van der Waals surface area contributed by atoms with Crippen LogP contribution in [0.3, 0.4) is 0 Å². The summed E-state index contributed by atoms with van der Waals surface area (Å²) < 4.78 is 36.2. The molecule has 0 aromatic heterocycles. The number of amides is 2. The maximum absolute atomic E-state index is 12.1. The van der Waals surface area contributed by atoms with E-state index in [1.165, 1.54) is 24.3 Å². The minimum atomic E-state index is -4.19. The van der Waals surface area contributed by atoms with E-state index in [9.17, 15) is 22.8 Å². The van der Waals surface area contributed by atoms with Gasteiger partial charge in [-0.05, 0) is 24.1 Å². The van der Waals surface area contributed by atoms with Crippen molar-refractivity contribution in [1.82, 2.24) is 5.32 Å². The first-order valence-electron chi connectivity index (χ1n) is 6.22. The molecule has 0 unspecified atom stereocenters. The molecule has 0 saturated carbocycles. The van der Waals surface area contributed by atoms with E-state index < -0.39 is 24.4 Å². The summed E-state index contributed by atoms with van der Waals surface area (Å²) in [5.74, 6) is -0.896. The Morgan fingerprint density at radius 3 is 2.24 bits per heavy atom. The molecule has 0 atom stereocenters. The summed E-state index contributed by atoms with van der Waals surface area (Å²) in [6.07, 6.45) is -5.18. The number of rotatable bonds is 6. The Hall–Kier alpha value is -2.09. The molecule has 5 nitrogen and oxygen atoms in total. The van der Waals surface area contributed by atoms with Crippen molar-refractivity contribution in [2.45, 2.75) is 19.0 Å². The minimum absolute atomic E-state index is 0.107. The Balaban J connectivity index is 2.43. The highest BCUT2D eigenvalue weighted by Gasteiger charge is 2.26. The summed E-state index contributed by atoms with van der Waals surface area (Å²) in [6.45, 7) is -0.424. The second-order valence-corrected chi connectivity index (χ2v) is 4.34. The van der Waals surface area contributed by atoms with Gasteiger partial charge in [0, 0.05) is 12.1 Å².